The SMILES string of the molecule is Cc1cnn(C)c1-c1cc(C(N)=O)sc1Cl. The van der Waals surface area contributed by atoms with Gasteiger partial charge in [0.15, 0.2) is 0 Å². The first-order valence-electron chi connectivity index (χ1n) is 4.59. The molecule has 6 heteroatoms. The molecule has 0 aliphatic carbocycles. The smallest absolute Gasteiger partial charge is 0.258 e. The summed E-state index contributed by atoms with van der Waals surface area (Å²) in [6.07, 6.45) is 1.76. The molecule has 0 bridgehead atoms. The van der Waals surface area contributed by atoms with Crippen LogP contribution in [-0.4, -0.2) is 15.7 Å². The van der Waals surface area contributed by atoms with Gasteiger partial charge in [0.2, 0.25) is 0 Å². The van der Waals surface area contributed by atoms with Gasteiger partial charge in [-0.2, -0.15) is 5.10 Å². The van der Waals surface area contributed by atoms with Crippen molar-refractivity contribution in [2.75, 3.05) is 0 Å². The predicted molar refractivity (Wildman–Crippen MR) is 64.8 cm³/mol. The average molecular weight is 256 g/mol. The highest BCUT2D eigenvalue weighted by Crippen LogP contribution is 2.36. The summed E-state index contributed by atoms with van der Waals surface area (Å²) in [5, 5.41) is 4.13. The Kier molecular flexibility index (Phi) is 2.73. The molecular weight excluding hydrogens is 246 g/mol. The van der Waals surface area contributed by atoms with Crippen molar-refractivity contribution in [2.24, 2.45) is 12.8 Å². The van der Waals surface area contributed by atoms with Crippen LogP contribution in [0.3, 0.4) is 0 Å². The Labute approximate surface area is 102 Å². The Hall–Kier alpha value is -1.33. The van der Waals surface area contributed by atoms with Crippen LogP contribution < -0.4 is 5.73 Å². The summed E-state index contributed by atoms with van der Waals surface area (Å²) in [6, 6.07) is 1.71. The lowest BCUT2D eigenvalue weighted by atomic mass is 10.1. The van der Waals surface area contributed by atoms with Gasteiger partial charge in [0, 0.05) is 12.6 Å². The third-order valence-corrected chi connectivity index (χ3v) is 3.68. The molecule has 4 nitrogen and oxygen atoms in total. The van der Waals surface area contributed by atoms with Crippen LogP contribution in [0.5, 0.6) is 0 Å². The first-order chi connectivity index (χ1) is 7.50. The van der Waals surface area contributed by atoms with Crippen molar-refractivity contribution in [1.82, 2.24) is 9.78 Å². The number of primary amides is 1. The van der Waals surface area contributed by atoms with Gasteiger partial charge in [0.1, 0.15) is 4.34 Å². The van der Waals surface area contributed by atoms with Crippen LogP contribution in [0.2, 0.25) is 4.34 Å². The van der Waals surface area contributed by atoms with E-state index in [9.17, 15) is 4.79 Å². The molecule has 0 unspecified atom stereocenters. The fourth-order valence-electron chi connectivity index (χ4n) is 1.59. The molecule has 0 aromatic carbocycles. The van der Waals surface area contributed by atoms with Gasteiger partial charge in [-0.25, -0.2) is 0 Å². The van der Waals surface area contributed by atoms with Gasteiger partial charge in [-0.05, 0) is 18.6 Å². The van der Waals surface area contributed by atoms with Crippen molar-refractivity contribution < 1.29 is 4.79 Å². The number of rotatable bonds is 2. The fraction of sp³-hybridized carbons (Fsp3) is 0.200. The summed E-state index contributed by atoms with van der Waals surface area (Å²) in [7, 11) is 1.83. The molecule has 0 fully saturated rings. The van der Waals surface area contributed by atoms with Crippen LogP contribution in [0.1, 0.15) is 15.2 Å². The molecule has 2 aromatic heterocycles. The Balaban J connectivity index is 2.61. The largest absolute Gasteiger partial charge is 0.365 e. The minimum Gasteiger partial charge on any atom is -0.365 e. The molecule has 2 aromatic rings. The Morgan fingerprint density at radius 1 is 1.62 bits per heavy atom. The lowest BCUT2D eigenvalue weighted by Crippen LogP contribution is -2.08. The number of carbonyl (C=O) groups excluding carboxylic acids is 1. The van der Waals surface area contributed by atoms with Crippen LogP contribution in [0.25, 0.3) is 11.3 Å². The van der Waals surface area contributed by atoms with E-state index in [1.165, 1.54) is 11.3 Å². The van der Waals surface area contributed by atoms with Crippen molar-refractivity contribution in [3.8, 4) is 11.3 Å². The van der Waals surface area contributed by atoms with Crippen molar-refractivity contribution in [2.45, 2.75) is 6.92 Å². The molecule has 2 rings (SSSR count). The van der Waals surface area contributed by atoms with Crippen molar-refractivity contribution in [1.29, 1.82) is 0 Å². The lowest BCUT2D eigenvalue weighted by Gasteiger charge is -2.01. The number of aromatic nitrogens is 2. The minimum atomic E-state index is -0.460. The number of halogens is 1. The van der Waals surface area contributed by atoms with Crippen LogP contribution in [0.15, 0.2) is 12.3 Å². The van der Waals surface area contributed by atoms with Crippen molar-refractivity contribution in [3.05, 3.63) is 27.0 Å². The minimum absolute atomic E-state index is 0.459. The van der Waals surface area contributed by atoms with Gasteiger partial charge in [0.25, 0.3) is 5.91 Å². The molecule has 0 saturated carbocycles. The standard InChI is InChI=1S/C10H10ClN3OS/c1-5-4-13-14(2)8(5)6-3-7(10(12)15)16-9(6)11/h3-4H,1-2H3,(H2,12,15). The lowest BCUT2D eigenvalue weighted by molar-refractivity contribution is 0.100. The molecule has 0 radical (unpaired) electrons. The van der Waals surface area contributed by atoms with E-state index in [2.05, 4.69) is 5.10 Å². The molecule has 0 aliphatic heterocycles. The van der Waals surface area contributed by atoms with Crippen LogP contribution in [0, 0.1) is 6.92 Å². The van der Waals surface area contributed by atoms with Crippen LogP contribution >= 0.6 is 22.9 Å². The number of amides is 1. The number of carbonyl (C=O) groups is 1. The maximum absolute atomic E-state index is 11.1. The predicted octanol–water partition coefficient (Wildman–Crippen LogP) is 2.21. The molecule has 2 N–H and O–H groups in total. The van der Waals surface area contributed by atoms with Gasteiger partial charge in [-0.3, -0.25) is 9.48 Å². The second kappa shape index (κ2) is 3.92. The third kappa shape index (κ3) is 1.72. The van der Waals surface area contributed by atoms with Crippen LogP contribution in [0.4, 0.5) is 0 Å². The zero-order chi connectivity index (χ0) is 11.9. The number of hydrogen-bond acceptors (Lipinski definition) is 3. The summed E-state index contributed by atoms with van der Waals surface area (Å²) < 4.78 is 2.29. The van der Waals surface area contributed by atoms with E-state index in [0.717, 1.165) is 16.8 Å². The number of hydrogen-bond donors (Lipinski definition) is 1. The normalized spacial score (nSPS) is 10.7. The van der Waals surface area contributed by atoms with Gasteiger partial charge >= 0.3 is 0 Å². The van der Waals surface area contributed by atoms with E-state index in [0.29, 0.717) is 9.21 Å². The maximum Gasteiger partial charge on any atom is 0.258 e. The van der Waals surface area contributed by atoms with Gasteiger partial charge in [-0.15, -0.1) is 11.3 Å². The highest BCUT2D eigenvalue weighted by molar-refractivity contribution is 7.18. The van der Waals surface area contributed by atoms with E-state index in [1.54, 1.807) is 16.9 Å². The summed E-state index contributed by atoms with van der Waals surface area (Å²) in [4.78, 5) is 11.5. The van der Waals surface area contributed by atoms with E-state index in [4.69, 9.17) is 17.3 Å². The number of aryl methyl sites for hydroxylation is 2. The maximum atomic E-state index is 11.1. The summed E-state index contributed by atoms with van der Waals surface area (Å²) in [6.45, 7) is 1.94. The Bertz CT molecular complexity index is 539. The fourth-order valence-corrected chi connectivity index (χ4v) is 2.72. The van der Waals surface area contributed by atoms with E-state index in [-0.39, 0.29) is 0 Å². The van der Waals surface area contributed by atoms with Crippen molar-refractivity contribution >= 4 is 28.8 Å². The van der Waals surface area contributed by atoms with E-state index < -0.39 is 5.91 Å². The zero-order valence-corrected chi connectivity index (χ0v) is 10.4. The molecule has 0 spiro atoms. The summed E-state index contributed by atoms with van der Waals surface area (Å²) in [5.74, 6) is -0.460. The second-order valence-electron chi connectivity index (χ2n) is 3.46. The first-order valence-corrected chi connectivity index (χ1v) is 5.78. The quantitative estimate of drug-likeness (QED) is 0.894. The van der Waals surface area contributed by atoms with Gasteiger partial charge in [-0.1, -0.05) is 11.6 Å². The van der Waals surface area contributed by atoms with E-state index in [1.807, 2.05) is 14.0 Å². The molecule has 0 atom stereocenters. The number of thiophene rings is 1. The highest BCUT2D eigenvalue weighted by Gasteiger charge is 2.16. The third-order valence-electron chi connectivity index (χ3n) is 2.31. The van der Waals surface area contributed by atoms with E-state index >= 15 is 0 Å². The molecular formula is C10H10ClN3OS. The second-order valence-corrected chi connectivity index (χ2v) is 5.12. The molecule has 1 amide bonds. The van der Waals surface area contributed by atoms with Gasteiger partial charge in [0.05, 0.1) is 16.8 Å². The Morgan fingerprint density at radius 3 is 2.75 bits per heavy atom. The first kappa shape index (κ1) is 11.2. The number of nitrogens with two attached hydrogens (primary N) is 1. The molecule has 0 aliphatic rings. The highest BCUT2D eigenvalue weighted by atomic mass is 35.5. The summed E-state index contributed by atoms with van der Waals surface area (Å²) >= 11 is 7.28. The molecule has 2 heterocycles. The Morgan fingerprint density at radius 2 is 2.31 bits per heavy atom. The van der Waals surface area contributed by atoms with Crippen molar-refractivity contribution in [3.63, 3.8) is 0 Å². The van der Waals surface area contributed by atoms with Gasteiger partial charge < -0.3 is 5.73 Å². The van der Waals surface area contributed by atoms with Crippen LogP contribution in [-0.2, 0) is 7.05 Å². The topological polar surface area (TPSA) is 60.9 Å². The zero-order valence-electron chi connectivity index (χ0n) is 8.82. The molecule has 0 saturated heterocycles. The molecule has 84 valence electrons. The summed E-state index contributed by atoms with van der Waals surface area (Å²) in [5.41, 5.74) is 7.94. The monoisotopic (exact) mass is 255 g/mol. The average Bonchev–Trinajstić information content (AvgIpc) is 2.71. The number of nitrogens with zero attached hydrogens (tertiary/aromatic N) is 2. The molecule has 16 heavy (non-hydrogen) atoms.